The number of rotatable bonds is 4. The smallest absolute Gasteiger partial charge is 0.0964 e. The molecule has 0 spiro atoms. The molecule has 1 N–H and O–H groups in total. The molecule has 1 aliphatic rings. The first-order chi connectivity index (χ1) is 7.31. The van der Waals surface area contributed by atoms with Gasteiger partial charge in [0.1, 0.15) is 0 Å². The summed E-state index contributed by atoms with van der Waals surface area (Å²) in [5.74, 6) is 0.749. The zero-order chi connectivity index (χ0) is 10.7. The van der Waals surface area contributed by atoms with Crippen LogP contribution in [0.1, 0.15) is 44.8 Å². The van der Waals surface area contributed by atoms with Crippen molar-refractivity contribution in [2.75, 3.05) is 6.54 Å². The molecular weight excluding hydrogens is 188 g/mol. The number of nitrogens with zero attached hydrogens (tertiary/aromatic N) is 3. The number of hydrogen-bond donors (Lipinski definition) is 1. The van der Waals surface area contributed by atoms with Crippen molar-refractivity contribution in [1.29, 1.82) is 0 Å². The average molecular weight is 208 g/mol. The van der Waals surface area contributed by atoms with Gasteiger partial charge < -0.3 is 5.32 Å². The average Bonchev–Trinajstić information content (AvgIpc) is 2.83. The third-order valence-electron chi connectivity index (χ3n) is 3.27. The highest BCUT2D eigenvalue weighted by molar-refractivity contribution is 4.94. The minimum absolute atomic E-state index is 0.577. The van der Waals surface area contributed by atoms with E-state index >= 15 is 0 Å². The van der Waals surface area contributed by atoms with E-state index in [0.29, 0.717) is 6.04 Å². The summed E-state index contributed by atoms with van der Waals surface area (Å²) < 4.78 is 2.06. The van der Waals surface area contributed by atoms with Gasteiger partial charge in [0.15, 0.2) is 0 Å². The molecule has 1 saturated carbocycles. The molecule has 1 aromatic heterocycles. The van der Waals surface area contributed by atoms with E-state index in [1.165, 1.54) is 19.3 Å². The monoisotopic (exact) mass is 208 g/mol. The van der Waals surface area contributed by atoms with Crippen LogP contribution in [0.5, 0.6) is 0 Å². The number of nitrogens with one attached hydrogen (secondary N) is 1. The molecule has 0 aromatic carbocycles. The largest absolute Gasteiger partial charge is 0.311 e. The van der Waals surface area contributed by atoms with Gasteiger partial charge >= 0.3 is 0 Å². The fraction of sp³-hybridized carbons (Fsp3) is 0.818. The van der Waals surface area contributed by atoms with Crippen LogP contribution in [-0.4, -0.2) is 21.5 Å². The Morgan fingerprint density at radius 3 is 3.07 bits per heavy atom. The Labute approximate surface area is 91.1 Å². The Hall–Kier alpha value is -0.900. The summed E-state index contributed by atoms with van der Waals surface area (Å²) in [7, 11) is 0. The lowest BCUT2D eigenvalue weighted by molar-refractivity contribution is 0.367. The minimum atomic E-state index is 0.577. The van der Waals surface area contributed by atoms with Crippen molar-refractivity contribution in [3.8, 4) is 0 Å². The van der Waals surface area contributed by atoms with Crippen LogP contribution in [0.15, 0.2) is 6.20 Å². The summed E-state index contributed by atoms with van der Waals surface area (Å²) in [6.45, 7) is 6.22. The van der Waals surface area contributed by atoms with Crippen LogP contribution in [0.3, 0.4) is 0 Å². The van der Waals surface area contributed by atoms with Gasteiger partial charge in [0, 0.05) is 6.54 Å². The molecule has 15 heavy (non-hydrogen) atoms. The Bertz CT molecular complexity index is 307. The standard InChI is InChI=1S/C11H20N4/c1-3-12-7-10-8-15(14-13-10)11-6-4-5-9(11)2/h8-9,11-12H,3-7H2,1-2H3. The van der Waals surface area contributed by atoms with Gasteiger partial charge in [-0.1, -0.05) is 25.5 Å². The minimum Gasteiger partial charge on any atom is -0.311 e. The fourth-order valence-electron chi connectivity index (χ4n) is 2.33. The third-order valence-corrected chi connectivity index (χ3v) is 3.27. The molecule has 4 heteroatoms. The van der Waals surface area contributed by atoms with Gasteiger partial charge in [-0.25, -0.2) is 4.68 Å². The second-order valence-corrected chi connectivity index (χ2v) is 4.45. The molecule has 2 unspecified atom stereocenters. The maximum atomic E-state index is 4.23. The number of aromatic nitrogens is 3. The molecule has 0 amide bonds. The lowest BCUT2D eigenvalue weighted by Crippen LogP contribution is -2.13. The zero-order valence-corrected chi connectivity index (χ0v) is 9.61. The predicted molar refractivity (Wildman–Crippen MR) is 59.5 cm³/mol. The molecule has 1 fully saturated rings. The van der Waals surface area contributed by atoms with Crippen LogP contribution >= 0.6 is 0 Å². The van der Waals surface area contributed by atoms with Gasteiger partial charge in [0.25, 0.3) is 0 Å². The van der Waals surface area contributed by atoms with Gasteiger partial charge in [-0.2, -0.15) is 0 Å². The van der Waals surface area contributed by atoms with E-state index in [1.807, 2.05) is 0 Å². The molecule has 0 saturated heterocycles. The van der Waals surface area contributed by atoms with Crippen molar-refractivity contribution >= 4 is 0 Å². The Morgan fingerprint density at radius 2 is 2.40 bits per heavy atom. The van der Waals surface area contributed by atoms with Crippen molar-refractivity contribution in [2.24, 2.45) is 5.92 Å². The van der Waals surface area contributed by atoms with Crippen LogP contribution < -0.4 is 5.32 Å². The Morgan fingerprint density at radius 1 is 1.53 bits per heavy atom. The highest BCUT2D eigenvalue weighted by Gasteiger charge is 2.25. The van der Waals surface area contributed by atoms with Crippen LogP contribution in [0.4, 0.5) is 0 Å². The molecule has 1 heterocycles. The fourth-order valence-corrected chi connectivity index (χ4v) is 2.33. The summed E-state index contributed by atoms with van der Waals surface area (Å²) in [5, 5.41) is 11.7. The Kier molecular flexibility index (Phi) is 3.36. The van der Waals surface area contributed by atoms with Gasteiger partial charge in [0.2, 0.25) is 0 Å². The number of hydrogen-bond acceptors (Lipinski definition) is 3. The molecule has 0 bridgehead atoms. The molecule has 2 atom stereocenters. The molecule has 1 aliphatic carbocycles. The van der Waals surface area contributed by atoms with Gasteiger partial charge in [0.05, 0.1) is 17.9 Å². The summed E-state index contributed by atoms with van der Waals surface area (Å²) >= 11 is 0. The van der Waals surface area contributed by atoms with E-state index < -0.39 is 0 Å². The molecule has 84 valence electrons. The molecule has 2 rings (SSSR count). The van der Waals surface area contributed by atoms with Gasteiger partial charge in [-0.3, -0.25) is 0 Å². The quantitative estimate of drug-likeness (QED) is 0.819. The van der Waals surface area contributed by atoms with Crippen LogP contribution in [0.25, 0.3) is 0 Å². The van der Waals surface area contributed by atoms with Crippen LogP contribution in [0.2, 0.25) is 0 Å². The first kappa shape index (κ1) is 10.6. The summed E-state index contributed by atoms with van der Waals surface area (Å²) in [4.78, 5) is 0. The first-order valence-electron chi connectivity index (χ1n) is 5.92. The van der Waals surface area contributed by atoms with Gasteiger partial charge in [-0.05, 0) is 25.3 Å². The van der Waals surface area contributed by atoms with E-state index in [4.69, 9.17) is 0 Å². The molecular formula is C11H20N4. The van der Waals surface area contributed by atoms with Gasteiger partial charge in [-0.15, -0.1) is 5.10 Å². The first-order valence-corrected chi connectivity index (χ1v) is 5.92. The molecule has 4 nitrogen and oxygen atoms in total. The van der Waals surface area contributed by atoms with E-state index in [9.17, 15) is 0 Å². The topological polar surface area (TPSA) is 42.7 Å². The van der Waals surface area contributed by atoms with E-state index in [0.717, 1.165) is 24.7 Å². The summed E-state index contributed by atoms with van der Waals surface area (Å²) in [6, 6.07) is 0.577. The van der Waals surface area contributed by atoms with Crippen LogP contribution in [0, 0.1) is 5.92 Å². The SMILES string of the molecule is CCNCc1cn(C2CCCC2C)nn1. The lowest BCUT2D eigenvalue weighted by Gasteiger charge is -2.14. The molecule has 0 radical (unpaired) electrons. The normalized spacial score (nSPS) is 26.0. The zero-order valence-electron chi connectivity index (χ0n) is 9.61. The molecule has 1 aromatic rings. The van der Waals surface area contributed by atoms with Crippen molar-refractivity contribution in [3.63, 3.8) is 0 Å². The third kappa shape index (κ3) is 2.37. The highest BCUT2D eigenvalue weighted by Crippen LogP contribution is 2.34. The van der Waals surface area contributed by atoms with Crippen molar-refractivity contribution in [3.05, 3.63) is 11.9 Å². The molecule has 0 aliphatic heterocycles. The van der Waals surface area contributed by atoms with Crippen LogP contribution in [-0.2, 0) is 6.54 Å². The maximum absolute atomic E-state index is 4.23. The van der Waals surface area contributed by atoms with Crippen molar-refractivity contribution in [2.45, 2.75) is 45.7 Å². The maximum Gasteiger partial charge on any atom is 0.0964 e. The Balaban J connectivity index is 1.99. The second kappa shape index (κ2) is 4.75. The lowest BCUT2D eigenvalue weighted by atomic mass is 10.1. The summed E-state index contributed by atoms with van der Waals surface area (Å²) in [5.41, 5.74) is 1.05. The van der Waals surface area contributed by atoms with Crippen molar-refractivity contribution < 1.29 is 0 Å². The predicted octanol–water partition coefficient (Wildman–Crippen LogP) is 1.75. The van der Waals surface area contributed by atoms with E-state index in [-0.39, 0.29) is 0 Å². The van der Waals surface area contributed by atoms with E-state index in [1.54, 1.807) is 0 Å². The van der Waals surface area contributed by atoms with Crippen molar-refractivity contribution in [1.82, 2.24) is 20.3 Å². The summed E-state index contributed by atoms with van der Waals surface area (Å²) in [6.07, 6.45) is 6.00. The second-order valence-electron chi connectivity index (χ2n) is 4.45. The van der Waals surface area contributed by atoms with E-state index in [2.05, 4.69) is 40.4 Å². The highest BCUT2D eigenvalue weighted by atomic mass is 15.4.